The van der Waals surface area contributed by atoms with Crippen molar-refractivity contribution in [1.82, 2.24) is 5.32 Å². The minimum atomic E-state index is -0.360. The third-order valence-corrected chi connectivity index (χ3v) is 3.48. The van der Waals surface area contributed by atoms with Gasteiger partial charge in [0.15, 0.2) is 0 Å². The highest BCUT2D eigenvalue weighted by Gasteiger charge is 2.22. The fourth-order valence-electron chi connectivity index (χ4n) is 1.52. The van der Waals surface area contributed by atoms with E-state index in [0.29, 0.717) is 6.42 Å². The maximum atomic E-state index is 12.0. The standard InChI is InChI=1S/C12H19NO2S/c1-4-9-5-8-16-10(9)11(15)13-12(2,3)6-7-14/h5,8,14H,4,6-7H2,1-3H3,(H,13,15). The van der Waals surface area contributed by atoms with Crippen LogP contribution in [-0.4, -0.2) is 23.2 Å². The minimum absolute atomic E-state index is 0.0368. The van der Waals surface area contributed by atoms with Gasteiger partial charge < -0.3 is 10.4 Å². The molecule has 1 aromatic heterocycles. The summed E-state index contributed by atoms with van der Waals surface area (Å²) in [5.41, 5.74) is 0.725. The van der Waals surface area contributed by atoms with Gasteiger partial charge >= 0.3 is 0 Å². The SMILES string of the molecule is CCc1ccsc1C(=O)NC(C)(C)CCO. The van der Waals surface area contributed by atoms with E-state index in [1.165, 1.54) is 11.3 Å². The van der Waals surface area contributed by atoms with Crippen LogP contribution in [0, 0.1) is 0 Å². The molecule has 0 fully saturated rings. The molecule has 0 aliphatic carbocycles. The van der Waals surface area contributed by atoms with E-state index >= 15 is 0 Å². The third-order valence-electron chi connectivity index (χ3n) is 2.52. The van der Waals surface area contributed by atoms with Crippen molar-refractivity contribution in [2.45, 2.75) is 39.2 Å². The first kappa shape index (κ1) is 13.2. The second kappa shape index (κ2) is 5.46. The molecule has 0 radical (unpaired) electrons. The molecular weight excluding hydrogens is 222 g/mol. The number of rotatable bonds is 5. The zero-order valence-electron chi connectivity index (χ0n) is 10.0. The molecule has 2 N–H and O–H groups in total. The van der Waals surface area contributed by atoms with Crippen molar-refractivity contribution in [2.24, 2.45) is 0 Å². The Morgan fingerprint density at radius 2 is 2.25 bits per heavy atom. The second-order valence-corrected chi connectivity index (χ2v) is 5.36. The van der Waals surface area contributed by atoms with Crippen LogP contribution >= 0.6 is 11.3 Å². The Morgan fingerprint density at radius 3 is 2.81 bits per heavy atom. The molecule has 0 aliphatic heterocycles. The van der Waals surface area contributed by atoms with Gasteiger partial charge in [-0.3, -0.25) is 4.79 Å². The Balaban J connectivity index is 2.72. The first-order chi connectivity index (χ1) is 7.50. The van der Waals surface area contributed by atoms with Crippen LogP contribution in [0.4, 0.5) is 0 Å². The van der Waals surface area contributed by atoms with Gasteiger partial charge in [0.2, 0.25) is 0 Å². The largest absolute Gasteiger partial charge is 0.396 e. The molecule has 4 heteroatoms. The molecule has 0 saturated heterocycles. The van der Waals surface area contributed by atoms with Crippen LogP contribution in [0.3, 0.4) is 0 Å². The maximum absolute atomic E-state index is 12.0. The minimum Gasteiger partial charge on any atom is -0.396 e. The molecule has 1 rings (SSSR count). The van der Waals surface area contributed by atoms with E-state index in [0.717, 1.165) is 16.9 Å². The number of aliphatic hydroxyl groups excluding tert-OH is 1. The van der Waals surface area contributed by atoms with E-state index in [4.69, 9.17) is 5.11 Å². The lowest BCUT2D eigenvalue weighted by Crippen LogP contribution is -2.44. The average molecular weight is 241 g/mol. The molecule has 0 spiro atoms. The number of carbonyl (C=O) groups excluding carboxylic acids is 1. The van der Waals surface area contributed by atoms with Crippen LogP contribution in [-0.2, 0) is 6.42 Å². The zero-order chi connectivity index (χ0) is 12.2. The highest BCUT2D eigenvalue weighted by atomic mass is 32.1. The number of hydrogen-bond donors (Lipinski definition) is 2. The molecule has 1 aromatic rings. The molecule has 1 heterocycles. The van der Waals surface area contributed by atoms with Gasteiger partial charge in [-0.1, -0.05) is 6.92 Å². The van der Waals surface area contributed by atoms with E-state index in [-0.39, 0.29) is 18.1 Å². The number of hydrogen-bond acceptors (Lipinski definition) is 3. The van der Waals surface area contributed by atoms with Gasteiger partial charge in [0, 0.05) is 12.1 Å². The zero-order valence-corrected chi connectivity index (χ0v) is 10.9. The van der Waals surface area contributed by atoms with Crippen LogP contribution in [0.25, 0.3) is 0 Å². The summed E-state index contributed by atoms with van der Waals surface area (Å²) in [5.74, 6) is -0.0368. The molecule has 0 bridgehead atoms. The molecule has 0 aliphatic rings. The summed E-state index contributed by atoms with van der Waals surface area (Å²) in [6.45, 7) is 5.96. The highest BCUT2D eigenvalue weighted by Crippen LogP contribution is 2.19. The molecule has 16 heavy (non-hydrogen) atoms. The summed E-state index contributed by atoms with van der Waals surface area (Å²) >= 11 is 1.47. The first-order valence-corrected chi connectivity index (χ1v) is 6.38. The lowest BCUT2D eigenvalue weighted by Gasteiger charge is -2.25. The predicted molar refractivity (Wildman–Crippen MR) is 66.9 cm³/mol. The Kier molecular flexibility index (Phi) is 4.50. The summed E-state index contributed by atoms with van der Waals surface area (Å²) < 4.78 is 0. The van der Waals surface area contributed by atoms with Gasteiger partial charge in [0.25, 0.3) is 5.91 Å². The van der Waals surface area contributed by atoms with Crippen LogP contribution in [0.2, 0.25) is 0 Å². The van der Waals surface area contributed by atoms with Gasteiger partial charge in [0.05, 0.1) is 4.88 Å². The van der Waals surface area contributed by atoms with Crippen molar-refractivity contribution < 1.29 is 9.90 Å². The molecule has 3 nitrogen and oxygen atoms in total. The predicted octanol–water partition coefficient (Wildman–Crippen LogP) is 2.20. The topological polar surface area (TPSA) is 49.3 Å². The Morgan fingerprint density at radius 1 is 1.56 bits per heavy atom. The Labute approximate surface area is 100 Å². The maximum Gasteiger partial charge on any atom is 0.262 e. The van der Waals surface area contributed by atoms with Gasteiger partial charge in [-0.25, -0.2) is 0 Å². The lowest BCUT2D eigenvalue weighted by molar-refractivity contribution is 0.0903. The van der Waals surface area contributed by atoms with Gasteiger partial charge in [-0.2, -0.15) is 0 Å². The second-order valence-electron chi connectivity index (χ2n) is 4.44. The first-order valence-electron chi connectivity index (χ1n) is 5.50. The van der Waals surface area contributed by atoms with Crippen LogP contribution in [0.5, 0.6) is 0 Å². The molecule has 0 saturated carbocycles. The summed E-state index contributed by atoms with van der Waals surface area (Å²) in [6.07, 6.45) is 1.43. The number of aryl methyl sites for hydroxylation is 1. The smallest absolute Gasteiger partial charge is 0.262 e. The monoisotopic (exact) mass is 241 g/mol. The normalized spacial score (nSPS) is 11.5. The van der Waals surface area contributed by atoms with Gasteiger partial charge in [-0.05, 0) is 43.7 Å². The van der Waals surface area contributed by atoms with Crippen LogP contribution in [0.15, 0.2) is 11.4 Å². The molecular formula is C12H19NO2S. The lowest BCUT2D eigenvalue weighted by atomic mass is 10.0. The number of nitrogens with one attached hydrogen (secondary N) is 1. The number of carbonyl (C=O) groups is 1. The number of amides is 1. The Hall–Kier alpha value is -0.870. The fraction of sp³-hybridized carbons (Fsp3) is 0.583. The fourth-order valence-corrected chi connectivity index (χ4v) is 2.41. The highest BCUT2D eigenvalue weighted by molar-refractivity contribution is 7.12. The van der Waals surface area contributed by atoms with E-state index in [9.17, 15) is 4.79 Å². The van der Waals surface area contributed by atoms with E-state index in [1.54, 1.807) is 0 Å². The third kappa shape index (κ3) is 3.32. The van der Waals surface area contributed by atoms with Crippen molar-refractivity contribution in [3.05, 3.63) is 21.9 Å². The van der Waals surface area contributed by atoms with Crippen molar-refractivity contribution in [2.75, 3.05) is 6.61 Å². The quantitative estimate of drug-likeness (QED) is 0.830. The molecule has 1 amide bonds. The molecule has 0 aromatic carbocycles. The number of aliphatic hydroxyl groups is 1. The Bertz CT molecular complexity index is 358. The molecule has 0 atom stereocenters. The molecule has 90 valence electrons. The van der Waals surface area contributed by atoms with Crippen LogP contribution in [0.1, 0.15) is 42.4 Å². The van der Waals surface area contributed by atoms with Gasteiger partial charge in [0.1, 0.15) is 0 Å². The summed E-state index contributed by atoms with van der Waals surface area (Å²) in [7, 11) is 0. The van der Waals surface area contributed by atoms with E-state index in [2.05, 4.69) is 5.32 Å². The van der Waals surface area contributed by atoms with Crippen molar-refractivity contribution in [3.8, 4) is 0 Å². The van der Waals surface area contributed by atoms with Crippen molar-refractivity contribution in [1.29, 1.82) is 0 Å². The molecule has 0 unspecified atom stereocenters. The number of thiophene rings is 1. The van der Waals surface area contributed by atoms with Crippen LogP contribution < -0.4 is 5.32 Å². The van der Waals surface area contributed by atoms with Gasteiger partial charge in [-0.15, -0.1) is 11.3 Å². The summed E-state index contributed by atoms with van der Waals surface area (Å²) in [4.78, 5) is 12.8. The summed E-state index contributed by atoms with van der Waals surface area (Å²) in [6, 6.07) is 1.98. The van der Waals surface area contributed by atoms with E-state index in [1.807, 2.05) is 32.2 Å². The summed E-state index contributed by atoms with van der Waals surface area (Å²) in [5, 5.41) is 13.8. The average Bonchev–Trinajstić information content (AvgIpc) is 2.64. The van der Waals surface area contributed by atoms with E-state index < -0.39 is 0 Å². The van der Waals surface area contributed by atoms with Crippen molar-refractivity contribution >= 4 is 17.2 Å². The van der Waals surface area contributed by atoms with Crippen molar-refractivity contribution in [3.63, 3.8) is 0 Å².